The lowest BCUT2D eigenvalue weighted by molar-refractivity contribution is -0.126. The highest BCUT2D eigenvalue weighted by Gasteiger charge is 2.55. The Morgan fingerprint density at radius 1 is 1.11 bits per heavy atom. The number of carbonyl (C=O) groups is 1. The summed E-state index contributed by atoms with van der Waals surface area (Å²) in [7, 11) is 3.15. The van der Waals surface area contributed by atoms with Crippen molar-refractivity contribution in [2.45, 2.75) is 31.2 Å². The van der Waals surface area contributed by atoms with Gasteiger partial charge in [0.05, 0.1) is 37.6 Å². The van der Waals surface area contributed by atoms with Gasteiger partial charge in [-0.05, 0) is 60.4 Å². The summed E-state index contributed by atoms with van der Waals surface area (Å²) in [6.07, 6.45) is 3.81. The van der Waals surface area contributed by atoms with E-state index in [9.17, 15) is 9.90 Å². The number of fused-ring (bicyclic) bond motifs is 2. The molecule has 7 nitrogen and oxygen atoms in total. The largest absolute Gasteiger partial charge is 0.506 e. The Morgan fingerprint density at radius 2 is 1.83 bits per heavy atom. The first-order chi connectivity index (χ1) is 17.5. The highest BCUT2D eigenvalue weighted by molar-refractivity contribution is 6.15. The monoisotopic (exact) mass is 483 g/mol. The number of amides is 1. The number of anilines is 1. The molecule has 3 aromatic rings. The number of nitrogens with two attached hydrogens (primary N) is 1. The van der Waals surface area contributed by atoms with Crippen molar-refractivity contribution in [1.82, 2.24) is 0 Å². The summed E-state index contributed by atoms with van der Waals surface area (Å²) in [5.41, 5.74) is 9.43. The fourth-order valence-electron chi connectivity index (χ4n) is 5.09. The molecule has 0 aromatic heterocycles. The Labute approximate surface area is 210 Å². The number of methoxy groups -OCH3 is 2. The second kappa shape index (κ2) is 9.41. The molecule has 0 saturated heterocycles. The Bertz CT molecular complexity index is 1340. The molecule has 1 aliphatic heterocycles. The van der Waals surface area contributed by atoms with Gasteiger partial charge in [0.15, 0.2) is 5.76 Å². The van der Waals surface area contributed by atoms with E-state index >= 15 is 0 Å². The van der Waals surface area contributed by atoms with Crippen LogP contribution in [0.5, 0.6) is 11.5 Å². The van der Waals surface area contributed by atoms with Crippen LogP contribution < -0.4 is 15.4 Å². The predicted octanol–water partition coefficient (Wildman–Crippen LogP) is 4.94. The van der Waals surface area contributed by atoms with Crippen molar-refractivity contribution in [2.75, 3.05) is 19.1 Å². The van der Waals surface area contributed by atoms with Crippen LogP contribution in [0.4, 0.5) is 11.4 Å². The van der Waals surface area contributed by atoms with Gasteiger partial charge in [0.2, 0.25) is 5.91 Å². The molecule has 1 amide bonds. The number of aromatic hydroxyl groups is 1. The number of phenolic OH excluding ortho intramolecular Hbond substituents is 1. The molecule has 1 aliphatic carbocycles. The molecular formula is C29H29N3O4. The van der Waals surface area contributed by atoms with Gasteiger partial charge in [-0.15, -0.1) is 0 Å². The summed E-state index contributed by atoms with van der Waals surface area (Å²) >= 11 is 0. The number of rotatable bonds is 7. The number of allylic oxidation sites excluding steroid dienone is 1. The van der Waals surface area contributed by atoms with Crippen molar-refractivity contribution in [3.8, 4) is 11.5 Å². The molecule has 3 aromatic carbocycles. The third kappa shape index (κ3) is 3.86. The van der Waals surface area contributed by atoms with Gasteiger partial charge in [0, 0.05) is 11.8 Å². The summed E-state index contributed by atoms with van der Waals surface area (Å²) in [5.74, 6) is 1.18. The van der Waals surface area contributed by atoms with Crippen molar-refractivity contribution in [3.63, 3.8) is 0 Å². The first kappa shape index (κ1) is 23.5. The van der Waals surface area contributed by atoms with Gasteiger partial charge in [-0.3, -0.25) is 4.79 Å². The molecule has 1 heterocycles. The normalized spacial score (nSPS) is 16.6. The third-order valence-corrected chi connectivity index (χ3v) is 7.11. The average Bonchev–Trinajstić information content (AvgIpc) is 3.13. The molecule has 184 valence electrons. The third-order valence-electron chi connectivity index (χ3n) is 7.11. The maximum atomic E-state index is 13.8. The minimum Gasteiger partial charge on any atom is -0.506 e. The first-order valence-corrected chi connectivity index (χ1v) is 11.9. The van der Waals surface area contributed by atoms with Crippen LogP contribution in [-0.2, 0) is 21.5 Å². The number of hydrogen-bond acceptors (Lipinski definition) is 6. The van der Waals surface area contributed by atoms with Crippen LogP contribution in [0.3, 0.4) is 0 Å². The van der Waals surface area contributed by atoms with E-state index in [1.165, 1.54) is 13.3 Å². The van der Waals surface area contributed by atoms with E-state index in [-0.39, 0.29) is 11.7 Å². The Hall–Kier alpha value is -4.26. The van der Waals surface area contributed by atoms with E-state index < -0.39 is 5.41 Å². The molecule has 1 fully saturated rings. The fourth-order valence-corrected chi connectivity index (χ4v) is 5.09. The van der Waals surface area contributed by atoms with Gasteiger partial charge in [-0.25, -0.2) is 4.99 Å². The summed E-state index contributed by atoms with van der Waals surface area (Å²) in [6, 6.07) is 20.7. The second-order valence-corrected chi connectivity index (χ2v) is 9.10. The van der Waals surface area contributed by atoms with Crippen LogP contribution in [-0.4, -0.2) is 30.9 Å². The fraction of sp³-hybridized carbons (Fsp3) is 0.241. The van der Waals surface area contributed by atoms with Gasteiger partial charge in [0.1, 0.15) is 17.2 Å². The minimum atomic E-state index is -0.632. The predicted molar refractivity (Wildman–Crippen MR) is 140 cm³/mol. The molecular weight excluding hydrogens is 454 g/mol. The zero-order chi connectivity index (χ0) is 25.3. The SMILES string of the molecule is COC(=CN)C(=Nc1ccccc1)c1cc(O)c2c(c1)C1(CCC1)C(=O)N2Cc1ccc(OC)cc1. The molecule has 2 aliphatic rings. The molecule has 5 rings (SSSR count). The molecule has 0 atom stereocenters. The standard InChI is InChI=1S/C29H29N3O4/c1-35-22-11-9-19(10-12-22)18-32-27-23(29(28(32)34)13-6-14-29)15-20(16-24(27)33)26(25(17-30)36-2)31-21-7-4-3-5-8-21/h3-5,7-12,15-17,33H,6,13-14,18,30H2,1-2H3. The number of hydrogen-bond donors (Lipinski definition) is 2. The van der Waals surface area contributed by atoms with Crippen LogP contribution in [0.1, 0.15) is 36.0 Å². The highest BCUT2D eigenvalue weighted by atomic mass is 16.5. The lowest BCUT2D eigenvalue weighted by atomic mass is 9.65. The number of para-hydroxylation sites is 1. The van der Waals surface area contributed by atoms with Gasteiger partial charge < -0.3 is 25.2 Å². The van der Waals surface area contributed by atoms with E-state index in [1.807, 2.05) is 60.7 Å². The molecule has 1 spiro atoms. The zero-order valence-electron chi connectivity index (χ0n) is 20.4. The Kier molecular flexibility index (Phi) is 6.14. The van der Waals surface area contributed by atoms with E-state index in [1.54, 1.807) is 18.1 Å². The number of aliphatic imine (C=N–C) groups is 1. The summed E-state index contributed by atoms with van der Waals surface area (Å²) in [5, 5.41) is 11.3. The quantitative estimate of drug-likeness (QED) is 0.367. The Balaban J connectivity index is 1.62. The summed E-state index contributed by atoms with van der Waals surface area (Å²) in [4.78, 5) is 20.2. The van der Waals surface area contributed by atoms with Crippen LogP contribution >= 0.6 is 0 Å². The van der Waals surface area contributed by atoms with Crippen molar-refractivity contribution in [3.05, 3.63) is 95.4 Å². The van der Waals surface area contributed by atoms with Crippen LogP contribution in [0.2, 0.25) is 0 Å². The molecule has 1 saturated carbocycles. The van der Waals surface area contributed by atoms with Crippen molar-refractivity contribution in [2.24, 2.45) is 10.7 Å². The molecule has 0 bridgehead atoms. The number of benzene rings is 3. The molecule has 3 N–H and O–H groups in total. The van der Waals surface area contributed by atoms with Crippen LogP contribution in [0, 0.1) is 0 Å². The molecule has 0 radical (unpaired) electrons. The maximum absolute atomic E-state index is 13.8. The number of nitrogens with zero attached hydrogens (tertiary/aromatic N) is 2. The van der Waals surface area contributed by atoms with Gasteiger partial charge in [-0.2, -0.15) is 0 Å². The highest BCUT2D eigenvalue weighted by Crippen LogP contribution is 2.56. The maximum Gasteiger partial charge on any atom is 0.238 e. The van der Waals surface area contributed by atoms with Crippen LogP contribution in [0.25, 0.3) is 0 Å². The minimum absolute atomic E-state index is 0.0231. The van der Waals surface area contributed by atoms with Gasteiger partial charge in [0.25, 0.3) is 0 Å². The first-order valence-electron chi connectivity index (χ1n) is 11.9. The van der Waals surface area contributed by atoms with Gasteiger partial charge in [-0.1, -0.05) is 36.8 Å². The smallest absolute Gasteiger partial charge is 0.238 e. The van der Waals surface area contributed by atoms with E-state index in [2.05, 4.69) is 0 Å². The number of carbonyl (C=O) groups excluding carboxylic acids is 1. The zero-order valence-corrected chi connectivity index (χ0v) is 20.4. The lowest BCUT2D eigenvalue weighted by Gasteiger charge is -2.37. The number of ether oxygens (including phenoxy) is 2. The molecule has 36 heavy (non-hydrogen) atoms. The summed E-state index contributed by atoms with van der Waals surface area (Å²) < 4.78 is 10.8. The van der Waals surface area contributed by atoms with Crippen molar-refractivity contribution in [1.29, 1.82) is 0 Å². The average molecular weight is 484 g/mol. The van der Waals surface area contributed by atoms with Gasteiger partial charge >= 0.3 is 0 Å². The summed E-state index contributed by atoms with van der Waals surface area (Å²) in [6.45, 7) is 0.363. The topological polar surface area (TPSA) is 97.4 Å². The molecule has 7 heteroatoms. The number of phenols is 1. The Morgan fingerprint density at radius 3 is 2.42 bits per heavy atom. The van der Waals surface area contributed by atoms with Crippen molar-refractivity contribution >= 4 is 23.0 Å². The second-order valence-electron chi connectivity index (χ2n) is 9.10. The molecule has 0 unspecified atom stereocenters. The van der Waals surface area contributed by atoms with Crippen molar-refractivity contribution < 1.29 is 19.4 Å². The van der Waals surface area contributed by atoms with E-state index in [4.69, 9.17) is 20.2 Å². The van der Waals surface area contributed by atoms with Crippen LogP contribution in [0.15, 0.2) is 83.7 Å². The van der Waals surface area contributed by atoms with E-state index in [0.29, 0.717) is 29.3 Å². The lowest BCUT2D eigenvalue weighted by Crippen LogP contribution is -2.44. The van der Waals surface area contributed by atoms with E-state index in [0.717, 1.165) is 41.8 Å².